The van der Waals surface area contributed by atoms with Gasteiger partial charge in [-0.3, -0.25) is 0 Å². The number of benzene rings is 1. The zero-order valence-corrected chi connectivity index (χ0v) is 11.9. The molecule has 1 aromatic carbocycles. The van der Waals surface area contributed by atoms with Crippen molar-refractivity contribution in [3.05, 3.63) is 50.2 Å². The standard InChI is InChI=1S/C13H11ClFNO2S/c1-7-12(13(17)18-2)16-10(19-7)6-8-4-3-5-9(14)11(8)15/h3-5H,6H2,1-2H3. The minimum absolute atomic E-state index is 0.0824. The zero-order valence-electron chi connectivity index (χ0n) is 10.4. The Morgan fingerprint density at radius 2 is 2.26 bits per heavy atom. The summed E-state index contributed by atoms with van der Waals surface area (Å²) in [5.74, 6) is -0.928. The molecular formula is C13H11ClFNO2S. The molecule has 19 heavy (non-hydrogen) atoms. The third-order valence-corrected chi connectivity index (χ3v) is 3.86. The minimum atomic E-state index is -0.480. The van der Waals surface area contributed by atoms with Gasteiger partial charge in [0.2, 0.25) is 0 Å². The SMILES string of the molecule is COC(=O)c1nc(Cc2cccc(Cl)c2F)sc1C. The molecule has 0 bridgehead atoms. The van der Waals surface area contributed by atoms with Crippen LogP contribution in [-0.4, -0.2) is 18.1 Å². The summed E-state index contributed by atoms with van der Waals surface area (Å²) in [4.78, 5) is 16.4. The number of ether oxygens (including phenoxy) is 1. The number of thiazole rings is 1. The molecule has 0 aliphatic heterocycles. The summed E-state index contributed by atoms with van der Waals surface area (Å²) in [6.07, 6.45) is 0.300. The number of rotatable bonds is 3. The fraction of sp³-hybridized carbons (Fsp3) is 0.231. The smallest absolute Gasteiger partial charge is 0.357 e. The van der Waals surface area contributed by atoms with Crippen molar-refractivity contribution in [3.8, 4) is 0 Å². The van der Waals surface area contributed by atoms with Crippen LogP contribution in [0.2, 0.25) is 5.02 Å². The summed E-state index contributed by atoms with van der Waals surface area (Å²) in [5.41, 5.74) is 0.739. The Labute approximate surface area is 119 Å². The van der Waals surface area contributed by atoms with E-state index in [1.165, 1.54) is 24.5 Å². The van der Waals surface area contributed by atoms with Crippen molar-refractivity contribution in [2.24, 2.45) is 0 Å². The van der Waals surface area contributed by atoms with E-state index in [0.29, 0.717) is 17.0 Å². The fourth-order valence-corrected chi connectivity index (χ4v) is 2.80. The van der Waals surface area contributed by atoms with Gasteiger partial charge in [0.15, 0.2) is 5.69 Å². The summed E-state index contributed by atoms with van der Waals surface area (Å²) in [5, 5.41) is 0.734. The van der Waals surface area contributed by atoms with Crippen molar-refractivity contribution in [1.29, 1.82) is 0 Å². The Kier molecular flexibility index (Phi) is 4.17. The second-order valence-electron chi connectivity index (χ2n) is 3.89. The van der Waals surface area contributed by atoms with Gasteiger partial charge < -0.3 is 4.74 Å². The molecule has 0 saturated heterocycles. The highest BCUT2D eigenvalue weighted by atomic mass is 35.5. The van der Waals surface area contributed by atoms with Gasteiger partial charge in [-0.05, 0) is 18.6 Å². The van der Waals surface area contributed by atoms with Gasteiger partial charge in [0.05, 0.1) is 17.1 Å². The third kappa shape index (κ3) is 2.93. The van der Waals surface area contributed by atoms with Gasteiger partial charge in [0, 0.05) is 11.3 Å². The van der Waals surface area contributed by atoms with Crippen LogP contribution in [0, 0.1) is 12.7 Å². The maximum absolute atomic E-state index is 13.8. The Balaban J connectivity index is 2.29. The van der Waals surface area contributed by atoms with Crippen LogP contribution in [0.25, 0.3) is 0 Å². The quantitative estimate of drug-likeness (QED) is 0.813. The molecule has 0 amide bonds. The van der Waals surface area contributed by atoms with E-state index in [9.17, 15) is 9.18 Å². The molecule has 0 N–H and O–H groups in total. The van der Waals surface area contributed by atoms with E-state index in [4.69, 9.17) is 11.6 Å². The molecule has 0 aliphatic carbocycles. The molecule has 0 aliphatic rings. The summed E-state index contributed by atoms with van der Waals surface area (Å²) < 4.78 is 18.4. The fourth-order valence-electron chi connectivity index (χ4n) is 1.66. The Morgan fingerprint density at radius 3 is 2.95 bits per heavy atom. The lowest BCUT2D eigenvalue weighted by molar-refractivity contribution is 0.0594. The van der Waals surface area contributed by atoms with E-state index < -0.39 is 11.8 Å². The molecule has 1 aromatic heterocycles. The molecule has 6 heteroatoms. The summed E-state index contributed by atoms with van der Waals surface area (Å²) in [6, 6.07) is 4.82. The molecule has 1 heterocycles. The van der Waals surface area contributed by atoms with Gasteiger partial charge in [0.1, 0.15) is 5.82 Å². The van der Waals surface area contributed by atoms with Crippen LogP contribution in [0.1, 0.15) is 25.9 Å². The topological polar surface area (TPSA) is 39.2 Å². The van der Waals surface area contributed by atoms with E-state index in [-0.39, 0.29) is 10.7 Å². The average Bonchev–Trinajstić information content (AvgIpc) is 2.75. The van der Waals surface area contributed by atoms with Crippen LogP contribution in [0.5, 0.6) is 0 Å². The van der Waals surface area contributed by atoms with E-state index in [2.05, 4.69) is 9.72 Å². The number of nitrogens with zero attached hydrogens (tertiary/aromatic N) is 1. The second kappa shape index (κ2) is 5.67. The van der Waals surface area contributed by atoms with Gasteiger partial charge in [-0.1, -0.05) is 23.7 Å². The van der Waals surface area contributed by atoms with Gasteiger partial charge in [-0.25, -0.2) is 14.2 Å². The first kappa shape index (κ1) is 14.0. The maximum Gasteiger partial charge on any atom is 0.357 e. The highest BCUT2D eigenvalue weighted by molar-refractivity contribution is 7.11. The molecule has 0 spiro atoms. The van der Waals surface area contributed by atoms with Crippen LogP contribution in [0.3, 0.4) is 0 Å². The van der Waals surface area contributed by atoms with Crippen LogP contribution < -0.4 is 0 Å². The molecule has 3 nitrogen and oxygen atoms in total. The van der Waals surface area contributed by atoms with Crippen LogP contribution in [0.15, 0.2) is 18.2 Å². The summed E-state index contributed by atoms with van der Waals surface area (Å²) >= 11 is 7.07. The average molecular weight is 300 g/mol. The predicted octanol–water partition coefficient (Wildman–Crippen LogP) is 3.62. The number of esters is 1. The lowest BCUT2D eigenvalue weighted by atomic mass is 10.1. The number of halogens is 2. The Bertz CT molecular complexity index is 627. The first-order valence-corrected chi connectivity index (χ1v) is 6.70. The third-order valence-electron chi connectivity index (χ3n) is 2.59. The molecule has 100 valence electrons. The van der Waals surface area contributed by atoms with Gasteiger partial charge in [0.25, 0.3) is 0 Å². The number of aryl methyl sites for hydroxylation is 1. The molecule has 0 unspecified atom stereocenters. The predicted molar refractivity (Wildman–Crippen MR) is 72.4 cm³/mol. The van der Waals surface area contributed by atoms with Crippen molar-refractivity contribution in [2.75, 3.05) is 7.11 Å². The number of carbonyl (C=O) groups excluding carboxylic acids is 1. The normalized spacial score (nSPS) is 10.5. The van der Waals surface area contributed by atoms with E-state index in [1.807, 2.05) is 0 Å². The first-order chi connectivity index (χ1) is 9.02. The van der Waals surface area contributed by atoms with Crippen molar-refractivity contribution in [2.45, 2.75) is 13.3 Å². The van der Waals surface area contributed by atoms with Crippen molar-refractivity contribution >= 4 is 28.9 Å². The lowest BCUT2D eigenvalue weighted by Gasteiger charge is -2.01. The monoisotopic (exact) mass is 299 g/mol. The molecule has 0 fully saturated rings. The molecule has 0 saturated carbocycles. The maximum atomic E-state index is 13.8. The number of aromatic nitrogens is 1. The zero-order chi connectivity index (χ0) is 14.0. The minimum Gasteiger partial charge on any atom is -0.464 e. The van der Waals surface area contributed by atoms with Crippen LogP contribution in [-0.2, 0) is 11.2 Å². The number of hydrogen-bond donors (Lipinski definition) is 0. The Morgan fingerprint density at radius 1 is 1.53 bits per heavy atom. The summed E-state index contributed by atoms with van der Waals surface area (Å²) in [6.45, 7) is 1.78. The van der Waals surface area contributed by atoms with Crippen molar-refractivity contribution in [3.63, 3.8) is 0 Å². The molecule has 0 atom stereocenters. The molecule has 2 rings (SSSR count). The number of methoxy groups -OCH3 is 1. The highest BCUT2D eigenvalue weighted by Gasteiger charge is 2.17. The molecular weight excluding hydrogens is 289 g/mol. The Hall–Kier alpha value is -1.46. The molecule has 0 radical (unpaired) electrons. The molecule has 2 aromatic rings. The van der Waals surface area contributed by atoms with Crippen LogP contribution >= 0.6 is 22.9 Å². The van der Waals surface area contributed by atoms with Gasteiger partial charge >= 0.3 is 5.97 Å². The highest BCUT2D eigenvalue weighted by Crippen LogP contribution is 2.24. The van der Waals surface area contributed by atoms with Gasteiger partial charge in [-0.2, -0.15) is 0 Å². The number of hydrogen-bond acceptors (Lipinski definition) is 4. The van der Waals surface area contributed by atoms with E-state index in [1.54, 1.807) is 19.1 Å². The van der Waals surface area contributed by atoms with Crippen LogP contribution in [0.4, 0.5) is 4.39 Å². The van der Waals surface area contributed by atoms with E-state index in [0.717, 1.165) is 4.88 Å². The lowest BCUT2D eigenvalue weighted by Crippen LogP contribution is -2.03. The first-order valence-electron chi connectivity index (χ1n) is 5.50. The van der Waals surface area contributed by atoms with E-state index >= 15 is 0 Å². The van der Waals surface area contributed by atoms with Gasteiger partial charge in [-0.15, -0.1) is 11.3 Å². The number of carbonyl (C=O) groups is 1. The van der Waals surface area contributed by atoms with Crippen molar-refractivity contribution in [1.82, 2.24) is 4.98 Å². The second-order valence-corrected chi connectivity index (χ2v) is 5.59. The summed E-state index contributed by atoms with van der Waals surface area (Å²) in [7, 11) is 1.30. The largest absolute Gasteiger partial charge is 0.464 e. The van der Waals surface area contributed by atoms with Crippen molar-refractivity contribution < 1.29 is 13.9 Å².